The van der Waals surface area contributed by atoms with Gasteiger partial charge in [0.15, 0.2) is 0 Å². The lowest BCUT2D eigenvalue weighted by molar-refractivity contribution is 0.301. The quantitative estimate of drug-likeness (QED) is 0.482. The molecular weight excluding hydrogens is 120 g/mol. The van der Waals surface area contributed by atoms with Crippen LogP contribution in [0, 0.1) is 11.8 Å². The van der Waals surface area contributed by atoms with E-state index in [9.17, 15) is 0 Å². The highest BCUT2D eigenvalue weighted by atomic mass is 14.2. The highest BCUT2D eigenvalue weighted by Gasteiger charge is 2.13. The van der Waals surface area contributed by atoms with E-state index in [1.807, 2.05) is 0 Å². The van der Waals surface area contributed by atoms with Crippen molar-refractivity contribution >= 4 is 0 Å². The molecule has 1 saturated carbocycles. The zero-order valence-electron chi connectivity index (χ0n) is 7.40. The minimum atomic E-state index is 0.986. The van der Waals surface area contributed by atoms with Crippen LogP contribution < -0.4 is 0 Å². The molecule has 0 radical (unpaired) electrons. The summed E-state index contributed by atoms with van der Waals surface area (Å²) in [5, 5.41) is 0. The molecule has 0 N–H and O–H groups in total. The predicted molar refractivity (Wildman–Crippen MR) is 46.0 cm³/mol. The van der Waals surface area contributed by atoms with E-state index in [2.05, 4.69) is 13.8 Å². The number of hydrogen-bond acceptors (Lipinski definition) is 0. The maximum atomic E-state index is 2.41. The second-order valence-electron chi connectivity index (χ2n) is 3.95. The molecule has 0 unspecified atom stereocenters. The second kappa shape index (κ2) is 4.00. The van der Waals surface area contributed by atoms with Crippen LogP contribution in [-0.2, 0) is 0 Å². The van der Waals surface area contributed by atoms with Crippen LogP contribution in [0.15, 0.2) is 0 Å². The number of hydrogen-bond donors (Lipinski definition) is 0. The molecule has 0 aromatic carbocycles. The molecule has 0 aromatic heterocycles. The van der Waals surface area contributed by atoms with Gasteiger partial charge in [-0.15, -0.1) is 0 Å². The van der Waals surface area contributed by atoms with Crippen LogP contribution in [0.4, 0.5) is 0 Å². The maximum Gasteiger partial charge on any atom is -0.0417 e. The zero-order valence-corrected chi connectivity index (χ0v) is 7.40. The lowest BCUT2D eigenvalue weighted by atomic mass is 9.84. The van der Waals surface area contributed by atoms with Gasteiger partial charge in [-0.25, -0.2) is 0 Å². The molecule has 1 aliphatic rings. The van der Waals surface area contributed by atoms with Crippen molar-refractivity contribution in [1.29, 1.82) is 0 Å². The molecule has 2 atom stereocenters. The topological polar surface area (TPSA) is 0 Å². The first-order valence-electron chi connectivity index (χ1n) is 4.80. The summed E-state index contributed by atoms with van der Waals surface area (Å²) in [5.41, 5.74) is 0. The molecule has 0 heteroatoms. The van der Waals surface area contributed by atoms with Gasteiger partial charge in [-0.3, -0.25) is 0 Å². The Morgan fingerprint density at radius 3 is 1.50 bits per heavy atom. The summed E-state index contributed by atoms with van der Waals surface area (Å²) in [6, 6.07) is 0. The molecule has 0 saturated heterocycles. The zero-order chi connectivity index (χ0) is 7.40. The van der Waals surface area contributed by atoms with E-state index in [1.54, 1.807) is 0 Å². The third kappa shape index (κ3) is 2.32. The van der Waals surface area contributed by atoms with Crippen LogP contribution in [0.3, 0.4) is 0 Å². The van der Waals surface area contributed by atoms with E-state index in [4.69, 9.17) is 0 Å². The van der Waals surface area contributed by atoms with Crippen LogP contribution >= 0.6 is 0 Å². The standard InChI is InChI=1S/C10H20/c1-9-7-5-3-4-6-8-10(9)2/h9-10H,3-8H2,1-2H3/t9-,10-/m1/s1. The minimum Gasteiger partial charge on any atom is -0.0623 e. The summed E-state index contributed by atoms with van der Waals surface area (Å²) in [7, 11) is 0. The van der Waals surface area contributed by atoms with Crippen LogP contribution in [-0.4, -0.2) is 0 Å². The first kappa shape index (κ1) is 8.10. The Morgan fingerprint density at radius 2 is 1.10 bits per heavy atom. The van der Waals surface area contributed by atoms with Crippen molar-refractivity contribution in [2.24, 2.45) is 11.8 Å². The van der Waals surface area contributed by atoms with Crippen molar-refractivity contribution in [1.82, 2.24) is 0 Å². The third-order valence-electron chi connectivity index (χ3n) is 3.04. The first-order chi connectivity index (χ1) is 4.80. The van der Waals surface area contributed by atoms with Gasteiger partial charge >= 0.3 is 0 Å². The summed E-state index contributed by atoms with van der Waals surface area (Å²) in [6.45, 7) is 4.83. The van der Waals surface area contributed by atoms with E-state index in [0.29, 0.717) is 0 Å². The van der Waals surface area contributed by atoms with Crippen molar-refractivity contribution in [3.05, 3.63) is 0 Å². The maximum absolute atomic E-state index is 2.41. The summed E-state index contributed by atoms with van der Waals surface area (Å²) in [4.78, 5) is 0. The van der Waals surface area contributed by atoms with E-state index < -0.39 is 0 Å². The molecule has 0 aliphatic heterocycles. The average molecular weight is 140 g/mol. The molecule has 0 bridgehead atoms. The summed E-state index contributed by atoms with van der Waals surface area (Å²) >= 11 is 0. The van der Waals surface area contributed by atoms with E-state index in [1.165, 1.54) is 38.5 Å². The summed E-state index contributed by atoms with van der Waals surface area (Å²) in [6.07, 6.45) is 8.87. The van der Waals surface area contributed by atoms with Crippen LogP contribution in [0.5, 0.6) is 0 Å². The molecule has 1 rings (SSSR count). The lowest BCUT2D eigenvalue weighted by Crippen LogP contribution is -2.09. The SMILES string of the molecule is C[C@@H]1CCCCCC[C@H]1C. The highest BCUT2D eigenvalue weighted by molar-refractivity contribution is 4.65. The molecule has 0 nitrogen and oxygen atoms in total. The van der Waals surface area contributed by atoms with Gasteiger partial charge in [-0.2, -0.15) is 0 Å². The first-order valence-corrected chi connectivity index (χ1v) is 4.80. The van der Waals surface area contributed by atoms with Gasteiger partial charge in [0.25, 0.3) is 0 Å². The second-order valence-corrected chi connectivity index (χ2v) is 3.95. The Bertz CT molecular complexity index is 74.0. The fourth-order valence-corrected chi connectivity index (χ4v) is 1.86. The molecule has 0 aromatic rings. The Labute approximate surface area is 65.0 Å². The molecule has 10 heavy (non-hydrogen) atoms. The predicted octanol–water partition coefficient (Wildman–Crippen LogP) is 3.61. The van der Waals surface area contributed by atoms with Gasteiger partial charge in [0.1, 0.15) is 0 Å². The number of rotatable bonds is 0. The van der Waals surface area contributed by atoms with Crippen LogP contribution in [0.1, 0.15) is 52.4 Å². The van der Waals surface area contributed by atoms with E-state index in [-0.39, 0.29) is 0 Å². The van der Waals surface area contributed by atoms with Crippen molar-refractivity contribution in [2.75, 3.05) is 0 Å². The fraction of sp³-hybridized carbons (Fsp3) is 1.00. The molecule has 0 spiro atoms. The Balaban J connectivity index is 2.28. The Kier molecular flexibility index (Phi) is 3.24. The molecular formula is C10H20. The van der Waals surface area contributed by atoms with Gasteiger partial charge in [-0.05, 0) is 11.8 Å². The molecule has 1 fully saturated rings. The Hall–Kier alpha value is 0. The fourth-order valence-electron chi connectivity index (χ4n) is 1.86. The highest BCUT2D eigenvalue weighted by Crippen LogP contribution is 2.26. The van der Waals surface area contributed by atoms with Gasteiger partial charge in [0.2, 0.25) is 0 Å². The Morgan fingerprint density at radius 1 is 0.700 bits per heavy atom. The summed E-state index contributed by atoms with van der Waals surface area (Å²) in [5.74, 6) is 1.97. The van der Waals surface area contributed by atoms with Gasteiger partial charge < -0.3 is 0 Å². The van der Waals surface area contributed by atoms with Crippen LogP contribution in [0.25, 0.3) is 0 Å². The van der Waals surface area contributed by atoms with Gasteiger partial charge in [0.05, 0.1) is 0 Å². The third-order valence-corrected chi connectivity index (χ3v) is 3.04. The molecule has 60 valence electrons. The molecule has 1 aliphatic carbocycles. The van der Waals surface area contributed by atoms with Crippen molar-refractivity contribution < 1.29 is 0 Å². The average Bonchev–Trinajstić information content (AvgIpc) is 1.92. The molecule has 0 amide bonds. The summed E-state index contributed by atoms with van der Waals surface area (Å²) < 4.78 is 0. The van der Waals surface area contributed by atoms with Crippen molar-refractivity contribution in [2.45, 2.75) is 52.4 Å². The van der Waals surface area contributed by atoms with Gasteiger partial charge in [0, 0.05) is 0 Å². The smallest absolute Gasteiger partial charge is 0.0417 e. The van der Waals surface area contributed by atoms with E-state index >= 15 is 0 Å². The van der Waals surface area contributed by atoms with Crippen LogP contribution in [0.2, 0.25) is 0 Å². The lowest BCUT2D eigenvalue weighted by Gasteiger charge is -2.22. The minimum absolute atomic E-state index is 0.986. The van der Waals surface area contributed by atoms with Crippen molar-refractivity contribution in [3.63, 3.8) is 0 Å². The molecule has 0 heterocycles. The largest absolute Gasteiger partial charge is 0.0623 e. The normalized spacial score (nSPS) is 36.6. The van der Waals surface area contributed by atoms with Crippen molar-refractivity contribution in [3.8, 4) is 0 Å². The van der Waals surface area contributed by atoms with Gasteiger partial charge in [-0.1, -0.05) is 52.4 Å². The monoisotopic (exact) mass is 140 g/mol. The van der Waals surface area contributed by atoms with E-state index in [0.717, 1.165) is 11.8 Å².